The smallest absolute Gasteiger partial charge is 0.338 e. The number of benzene rings is 1. The number of rotatable bonds is 8. The molecule has 0 aliphatic carbocycles. The normalized spacial score (nSPS) is 15.7. The second kappa shape index (κ2) is 9.08. The molecule has 2 heterocycles. The van der Waals surface area contributed by atoms with Crippen LogP contribution in [0.15, 0.2) is 41.7 Å². The number of non-ortho nitro benzene ring substituents is 1. The van der Waals surface area contributed by atoms with Gasteiger partial charge in [0.15, 0.2) is 0 Å². The van der Waals surface area contributed by atoms with Crippen LogP contribution in [0.2, 0.25) is 0 Å². The summed E-state index contributed by atoms with van der Waals surface area (Å²) >= 11 is 0. The maximum Gasteiger partial charge on any atom is 0.338 e. The Balaban J connectivity index is 2.18. The van der Waals surface area contributed by atoms with Crippen LogP contribution < -0.4 is 5.32 Å². The second-order valence-corrected chi connectivity index (χ2v) is 7.04. The molecule has 1 aliphatic rings. The number of nitro benzene ring substituents is 1. The maximum absolute atomic E-state index is 12.9. The van der Waals surface area contributed by atoms with Gasteiger partial charge in [0, 0.05) is 24.4 Å². The van der Waals surface area contributed by atoms with Crippen molar-refractivity contribution < 1.29 is 14.5 Å². The van der Waals surface area contributed by atoms with E-state index in [4.69, 9.17) is 4.74 Å². The summed E-state index contributed by atoms with van der Waals surface area (Å²) in [4.78, 5) is 30.6. The second-order valence-electron chi connectivity index (χ2n) is 7.04. The molecule has 1 aliphatic heterocycles. The maximum atomic E-state index is 12.9. The van der Waals surface area contributed by atoms with Crippen LogP contribution in [-0.2, 0) is 16.1 Å². The van der Waals surface area contributed by atoms with Gasteiger partial charge in [-0.3, -0.25) is 15.0 Å². The zero-order valence-electron chi connectivity index (χ0n) is 17.7. The molecule has 0 spiro atoms. The van der Waals surface area contributed by atoms with Gasteiger partial charge >= 0.3 is 5.97 Å². The van der Waals surface area contributed by atoms with Gasteiger partial charge < -0.3 is 14.6 Å². The van der Waals surface area contributed by atoms with Crippen LogP contribution >= 0.6 is 0 Å². The fourth-order valence-corrected chi connectivity index (χ4v) is 3.74. The monoisotopic (exact) mass is 413 g/mol. The standard InChI is InChI=1S/C21H27N5O4/c1-5-24(6-2)13-17-12-22-21-23-14(4)18(20(27)30-7-3)19(25(17)21)15-9-8-10-16(11-15)26(28)29/h8-12,19H,5-7,13H2,1-4H3,(H,22,23). The average molecular weight is 413 g/mol. The Morgan fingerprint density at radius 1 is 1.33 bits per heavy atom. The van der Waals surface area contributed by atoms with Crippen molar-refractivity contribution in [3.63, 3.8) is 0 Å². The number of esters is 1. The molecule has 0 radical (unpaired) electrons. The Hall–Kier alpha value is -3.20. The van der Waals surface area contributed by atoms with E-state index in [0.717, 1.165) is 18.8 Å². The van der Waals surface area contributed by atoms with Crippen molar-refractivity contribution in [2.24, 2.45) is 0 Å². The molecule has 0 bridgehead atoms. The molecular formula is C21H27N5O4. The predicted octanol–water partition coefficient (Wildman–Crippen LogP) is 3.49. The number of anilines is 1. The highest BCUT2D eigenvalue weighted by Gasteiger charge is 2.35. The molecule has 0 saturated heterocycles. The van der Waals surface area contributed by atoms with Crippen LogP contribution in [0.4, 0.5) is 11.6 Å². The molecule has 1 aromatic heterocycles. The molecule has 9 nitrogen and oxygen atoms in total. The molecule has 1 N–H and O–H groups in total. The summed E-state index contributed by atoms with van der Waals surface area (Å²) < 4.78 is 7.26. The number of carbonyl (C=O) groups is 1. The Labute approximate surface area is 175 Å². The van der Waals surface area contributed by atoms with E-state index in [1.54, 1.807) is 32.2 Å². The van der Waals surface area contributed by atoms with E-state index < -0.39 is 16.9 Å². The van der Waals surface area contributed by atoms with Gasteiger partial charge in [-0.1, -0.05) is 26.0 Å². The largest absolute Gasteiger partial charge is 0.463 e. The topological polar surface area (TPSA) is 103 Å². The third-order valence-electron chi connectivity index (χ3n) is 5.28. The number of fused-ring (bicyclic) bond motifs is 1. The lowest BCUT2D eigenvalue weighted by atomic mass is 9.94. The zero-order chi connectivity index (χ0) is 21.8. The van der Waals surface area contributed by atoms with E-state index in [9.17, 15) is 14.9 Å². The van der Waals surface area contributed by atoms with E-state index >= 15 is 0 Å². The van der Waals surface area contributed by atoms with Crippen molar-refractivity contribution in [2.75, 3.05) is 25.0 Å². The number of nitrogens with one attached hydrogen (secondary N) is 1. The molecule has 30 heavy (non-hydrogen) atoms. The molecular weight excluding hydrogens is 386 g/mol. The Bertz CT molecular complexity index is 978. The number of allylic oxidation sites excluding steroid dienone is 1. The zero-order valence-corrected chi connectivity index (χ0v) is 17.7. The quantitative estimate of drug-likeness (QED) is 0.401. The van der Waals surface area contributed by atoms with Crippen LogP contribution in [0.1, 0.15) is 45.0 Å². The van der Waals surface area contributed by atoms with Gasteiger partial charge in [0.25, 0.3) is 5.69 Å². The summed E-state index contributed by atoms with van der Waals surface area (Å²) in [5.41, 5.74) is 2.56. The van der Waals surface area contributed by atoms with Crippen molar-refractivity contribution in [3.05, 3.63) is 63.1 Å². The minimum Gasteiger partial charge on any atom is -0.463 e. The number of carbonyl (C=O) groups excluding carboxylic acids is 1. The molecule has 9 heteroatoms. The molecule has 0 saturated carbocycles. The van der Waals surface area contributed by atoms with Crippen LogP contribution in [0.25, 0.3) is 0 Å². The number of nitro groups is 1. The molecule has 0 fully saturated rings. The SMILES string of the molecule is CCOC(=O)C1=C(C)Nc2ncc(CN(CC)CC)n2C1c1cccc([N+](=O)[O-])c1. The van der Waals surface area contributed by atoms with E-state index in [1.807, 2.05) is 4.57 Å². The first-order valence-electron chi connectivity index (χ1n) is 10.1. The summed E-state index contributed by atoms with van der Waals surface area (Å²) in [6, 6.07) is 5.80. The lowest BCUT2D eigenvalue weighted by Crippen LogP contribution is -2.31. The van der Waals surface area contributed by atoms with Gasteiger partial charge in [0.05, 0.1) is 35.0 Å². The third kappa shape index (κ3) is 4.06. The summed E-state index contributed by atoms with van der Waals surface area (Å²) in [7, 11) is 0. The summed E-state index contributed by atoms with van der Waals surface area (Å²) in [6.07, 6.45) is 1.78. The van der Waals surface area contributed by atoms with E-state index in [1.165, 1.54) is 12.1 Å². The van der Waals surface area contributed by atoms with Crippen molar-refractivity contribution in [3.8, 4) is 0 Å². The average Bonchev–Trinajstić information content (AvgIpc) is 3.13. The first-order valence-corrected chi connectivity index (χ1v) is 10.1. The molecule has 2 aromatic rings. The molecule has 1 unspecified atom stereocenters. The van der Waals surface area contributed by atoms with Crippen molar-refractivity contribution in [2.45, 2.75) is 40.3 Å². The lowest BCUT2D eigenvalue weighted by molar-refractivity contribution is -0.384. The van der Waals surface area contributed by atoms with E-state index in [-0.39, 0.29) is 12.3 Å². The number of hydrogen-bond donors (Lipinski definition) is 1. The minimum atomic E-state index is -0.576. The molecule has 1 atom stereocenters. The van der Waals surface area contributed by atoms with Crippen molar-refractivity contribution in [1.82, 2.24) is 14.5 Å². The minimum absolute atomic E-state index is 0.0288. The first kappa shape index (κ1) is 21.5. The fraction of sp³-hybridized carbons (Fsp3) is 0.429. The number of aromatic nitrogens is 2. The Kier molecular flexibility index (Phi) is 6.51. The fourth-order valence-electron chi connectivity index (χ4n) is 3.74. The highest BCUT2D eigenvalue weighted by Crippen LogP contribution is 2.38. The van der Waals surface area contributed by atoms with E-state index in [0.29, 0.717) is 29.3 Å². The number of ether oxygens (including phenoxy) is 1. The highest BCUT2D eigenvalue weighted by molar-refractivity contribution is 5.92. The van der Waals surface area contributed by atoms with Crippen molar-refractivity contribution in [1.29, 1.82) is 0 Å². The summed E-state index contributed by atoms with van der Waals surface area (Å²) in [5, 5.41) is 14.6. The molecule has 3 rings (SSSR count). The van der Waals surface area contributed by atoms with Gasteiger partial charge in [0.1, 0.15) is 0 Å². The number of nitrogens with zero attached hydrogens (tertiary/aromatic N) is 4. The van der Waals surface area contributed by atoms with Crippen LogP contribution in [0.5, 0.6) is 0 Å². The molecule has 160 valence electrons. The Morgan fingerprint density at radius 2 is 2.07 bits per heavy atom. The van der Waals surface area contributed by atoms with Gasteiger partial charge in [-0.2, -0.15) is 0 Å². The first-order chi connectivity index (χ1) is 14.4. The molecule has 0 amide bonds. The van der Waals surface area contributed by atoms with Crippen LogP contribution in [0, 0.1) is 10.1 Å². The van der Waals surface area contributed by atoms with Gasteiger partial charge in [-0.25, -0.2) is 9.78 Å². The highest BCUT2D eigenvalue weighted by atomic mass is 16.6. The summed E-state index contributed by atoms with van der Waals surface area (Å²) in [5.74, 6) is 0.145. The number of hydrogen-bond acceptors (Lipinski definition) is 7. The molecule has 1 aromatic carbocycles. The Morgan fingerprint density at radius 3 is 2.70 bits per heavy atom. The summed E-state index contributed by atoms with van der Waals surface area (Å²) in [6.45, 7) is 10.3. The lowest BCUT2D eigenvalue weighted by Gasteiger charge is -2.32. The van der Waals surface area contributed by atoms with Gasteiger partial charge in [-0.05, 0) is 32.5 Å². The van der Waals surface area contributed by atoms with Gasteiger partial charge in [-0.15, -0.1) is 0 Å². The van der Waals surface area contributed by atoms with Gasteiger partial charge in [0.2, 0.25) is 5.95 Å². The van der Waals surface area contributed by atoms with Crippen LogP contribution in [0.3, 0.4) is 0 Å². The number of imidazole rings is 1. The predicted molar refractivity (Wildman–Crippen MR) is 113 cm³/mol. The third-order valence-corrected chi connectivity index (χ3v) is 5.28. The van der Waals surface area contributed by atoms with Crippen LogP contribution in [-0.4, -0.2) is 45.0 Å². The van der Waals surface area contributed by atoms with E-state index in [2.05, 4.69) is 29.0 Å². The van der Waals surface area contributed by atoms with Crippen molar-refractivity contribution >= 4 is 17.6 Å².